The molecule has 1 unspecified atom stereocenters. The summed E-state index contributed by atoms with van der Waals surface area (Å²) in [7, 11) is 0. The molecule has 2 amide bonds. The molecule has 1 aromatic rings. The fourth-order valence-electron chi connectivity index (χ4n) is 3.51. The van der Waals surface area contributed by atoms with E-state index in [1.807, 2.05) is 0 Å². The quantitative estimate of drug-likeness (QED) is 0.842. The maximum atomic E-state index is 12.1. The molecule has 0 spiro atoms. The number of nitrogens with one attached hydrogen (secondary N) is 2. The summed E-state index contributed by atoms with van der Waals surface area (Å²) in [5, 5.41) is 5.82. The van der Waals surface area contributed by atoms with E-state index in [1.165, 1.54) is 12.8 Å². The zero-order valence-electron chi connectivity index (χ0n) is 14.1. The van der Waals surface area contributed by atoms with Gasteiger partial charge in [-0.1, -0.05) is 12.8 Å². The van der Waals surface area contributed by atoms with Crippen molar-refractivity contribution in [1.82, 2.24) is 5.32 Å². The van der Waals surface area contributed by atoms with E-state index in [9.17, 15) is 9.59 Å². The average Bonchev–Trinajstić information content (AvgIpc) is 3.27. The summed E-state index contributed by atoms with van der Waals surface area (Å²) < 4.78 is 5.49. The zero-order valence-corrected chi connectivity index (χ0v) is 14.1. The minimum Gasteiger partial charge on any atom is -0.376 e. The second-order valence-electron chi connectivity index (χ2n) is 6.83. The number of carbonyl (C=O) groups excluding carboxylic acids is 2. The SMILES string of the molecule is O=C(CC1CCCC1)Nc1ccc(C(=O)NCC2CCCO2)cc1. The van der Waals surface area contributed by atoms with Gasteiger partial charge in [0.05, 0.1) is 6.10 Å². The Hall–Kier alpha value is -1.88. The standard InChI is InChI=1S/C19H26N2O3/c22-18(12-14-4-1-2-5-14)21-16-9-7-15(8-10-16)19(23)20-13-17-6-3-11-24-17/h7-10,14,17H,1-6,11-13H2,(H,20,23)(H,21,22). The molecule has 1 aromatic carbocycles. The number of hydrogen-bond donors (Lipinski definition) is 2. The average molecular weight is 330 g/mol. The maximum absolute atomic E-state index is 12.1. The number of carbonyl (C=O) groups is 2. The minimum absolute atomic E-state index is 0.0671. The number of benzene rings is 1. The molecule has 1 aliphatic carbocycles. The fraction of sp³-hybridized carbons (Fsp3) is 0.579. The number of anilines is 1. The number of amides is 2. The van der Waals surface area contributed by atoms with Gasteiger partial charge in [-0.2, -0.15) is 0 Å². The Kier molecular flexibility index (Phi) is 5.86. The monoisotopic (exact) mass is 330 g/mol. The highest BCUT2D eigenvalue weighted by Crippen LogP contribution is 2.27. The third-order valence-electron chi connectivity index (χ3n) is 4.89. The van der Waals surface area contributed by atoms with Crippen LogP contribution >= 0.6 is 0 Å². The molecule has 2 aliphatic rings. The van der Waals surface area contributed by atoms with Gasteiger partial charge in [0.2, 0.25) is 5.91 Å². The number of ether oxygens (including phenoxy) is 1. The molecule has 1 saturated carbocycles. The van der Waals surface area contributed by atoms with E-state index in [0.29, 0.717) is 24.4 Å². The Labute approximate surface area is 143 Å². The summed E-state index contributed by atoms with van der Waals surface area (Å²) in [5.41, 5.74) is 1.34. The largest absolute Gasteiger partial charge is 0.376 e. The normalized spacial score (nSPS) is 20.9. The fourth-order valence-corrected chi connectivity index (χ4v) is 3.51. The van der Waals surface area contributed by atoms with E-state index in [1.54, 1.807) is 24.3 Å². The Balaban J connectivity index is 1.45. The lowest BCUT2D eigenvalue weighted by Gasteiger charge is -2.12. The van der Waals surface area contributed by atoms with Crippen molar-refractivity contribution in [2.24, 2.45) is 5.92 Å². The number of hydrogen-bond acceptors (Lipinski definition) is 3. The van der Waals surface area contributed by atoms with Crippen LogP contribution in [0.25, 0.3) is 0 Å². The lowest BCUT2D eigenvalue weighted by molar-refractivity contribution is -0.117. The van der Waals surface area contributed by atoms with Crippen molar-refractivity contribution in [2.75, 3.05) is 18.5 Å². The van der Waals surface area contributed by atoms with E-state index in [4.69, 9.17) is 4.74 Å². The van der Waals surface area contributed by atoms with E-state index in [2.05, 4.69) is 10.6 Å². The molecule has 2 N–H and O–H groups in total. The van der Waals surface area contributed by atoms with E-state index in [0.717, 1.165) is 38.0 Å². The molecule has 0 aromatic heterocycles. The summed E-state index contributed by atoms with van der Waals surface area (Å²) >= 11 is 0. The summed E-state index contributed by atoms with van der Waals surface area (Å²) in [5.74, 6) is 0.500. The van der Waals surface area contributed by atoms with Crippen LogP contribution < -0.4 is 10.6 Å². The first-order valence-corrected chi connectivity index (χ1v) is 9.00. The Morgan fingerprint density at radius 1 is 1.04 bits per heavy atom. The van der Waals surface area contributed by atoms with Crippen molar-refractivity contribution >= 4 is 17.5 Å². The first-order valence-electron chi connectivity index (χ1n) is 9.00. The van der Waals surface area contributed by atoms with Crippen molar-refractivity contribution in [3.8, 4) is 0 Å². The van der Waals surface area contributed by atoms with Gasteiger partial charge in [0.1, 0.15) is 0 Å². The highest BCUT2D eigenvalue weighted by Gasteiger charge is 2.19. The van der Waals surface area contributed by atoms with E-state index in [-0.39, 0.29) is 17.9 Å². The van der Waals surface area contributed by atoms with Crippen LogP contribution in [-0.4, -0.2) is 31.1 Å². The molecule has 3 rings (SSSR count). The molecule has 1 atom stereocenters. The van der Waals surface area contributed by atoms with Gasteiger partial charge >= 0.3 is 0 Å². The van der Waals surface area contributed by atoms with Gasteiger partial charge in [0.15, 0.2) is 0 Å². The molecule has 0 bridgehead atoms. The number of rotatable bonds is 6. The molecule has 5 nitrogen and oxygen atoms in total. The molecule has 1 heterocycles. The topological polar surface area (TPSA) is 67.4 Å². The van der Waals surface area contributed by atoms with Crippen LogP contribution in [0.3, 0.4) is 0 Å². The van der Waals surface area contributed by atoms with Crippen LogP contribution in [0.15, 0.2) is 24.3 Å². The Morgan fingerprint density at radius 3 is 2.46 bits per heavy atom. The maximum Gasteiger partial charge on any atom is 0.251 e. The van der Waals surface area contributed by atoms with Crippen molar-refractivity contribution in [2.45, 2.75) is 51.0 Å². The van der Waals surface area contributed by atoms with E-state index >= 15 is 0 Å². The van der Waals surface area contributed by atoms with Gasteiger partial charge in [-0.15, -0.1) is 0 Å². The van der Waals surface area contributed by atoms with Gasteiger partial charge in [0.25, 0.3) is 5.91 Å². The van der Waals surface area contributed by atoms with Crippen molar-refractivity contribution in [1.29, 1.82) is 0 Å². The highest BCUT2D eigenvalue weighted by atomic mass is 16.5. The van der Waals surface area contributed by atoms with Crippen LogP contribution in [0, 0.1) is 5.92 Å². The molecular weight excluding hydrogens is 304 g/mol. The molecule has 1 saturated heterocycles. The first kappa shape index (κ1) is 17.0. The second kappa shape index (κ2) is 8.29. The third kappa shape index (κ3) is 4.81. The molecule has 2 fully saturated rings. The van der Waals surface area contributed by atoms with Gasteiger partial charge in [-0.05, 0) is 55.9 Å². The van der Waals surface area contributed by atoms with E-state index < -0.39 is 0 Å². The molecule has 0 radical (unpaired) electrons. The van der Waals surface area contributed by atoms with Gasteiger partial charge < -0.3 is 15.4 Å². The van der Waals surface area contributed by atoms with Crippen LogP contribution in [0.4, 0.5) is 5.69 Å². The lowest BCUT2D eigenvalue weighted by atomic mass is 10.0. The third-order valence-corrected chi connectivity index (χ3v) is 4.89. The van der Waals surface area contributed by atoms with Crippen LogP contribution in [0.2, 0.25) is 0 Å². The smallest absolute Gasteiger partial charge is 0.251 e. The van der Waals surface area contributed by atoms with Crippen LogP contribution in [-0.2, 0) is 9.53 Å². The van der Waals surface area contributed by atoms with Crippen molar-refractivity contribution in [3.05, 3.63) is 29.8 Å². The molecular formula is C19H26N2O3. The lowest BCUT2D eigenvalue weighted by Crippen LogP contribution is -2.31. The predicted octanol–water partition coefficient (Wildman–Crippen LogP) is 3.11. The molecule has 1 aliphatic heterocycles. The second-order valence-corrected chi connectivity index (χ2v) is 6.83. The Morgan fingerprint density at radius 2 is 1.79 bits per heavy atom. The van der Waals surface area contributed by atoms with Gasteiger partial charge in [0, 0.05) is 30.8 Å². The molecule has 24 heavy (non-hydrogen) atoms. The molecule has 130 valence electrons. The minimum atomic E-state index is -0.102. The first-order chi connectivity index (χ1) is 11.7. The van der Waals surface area contributed by atoms with Gasteiger partial charge in [-0.3, -0.25) is 9.59 Å². The summed E-state index contributed by atoms with van der Waals surface area (Å²) in [6.45, 7) is 1.34. The van der Waals surface area contributed by atoms with Crippen molar-refractivity contribution < 1.29 is 14.3 Å². The zero-order chi connectivity index (χ0) is 16.8. The predicted molar refractivity (Wildman–Crippen MR) is 93.0 cm³/mol. The van der Waals surface area contributed by atoms with Crippen molar-refractivity contribution in [3.63, 3.8) is 0 Å². The van der Waals surface area contributed by atoms with Gasteiger partial charge in [-0.25, -0.2) is 0 Å². The van der Waals surface area contributed by atoms with Crippen LogP contribution in [0.1, 0.15) is 55.3 Å². The molecule has 5 heteroatoms. The summed E-state index contributed by atoms with van der Waals surface area (Å²) in [4.78, 5) is 24.1. The summed E-state index contributed by atoms with van der Waals surface area (Å²) in [6.07, 6.45) is 7.63. The summed E-state index contributed by atoms with van der Waals surface area (Å²) in [6, 6.07) is 7.06. The Bertz CT molecular complexity index is 558. The highest BCUT2D eigenvalue weighted by molar-refractivity contribution is 5.95. The van der Waals surface area contributed by atoms with Crippen LogP contribution in [0.5, 0.6) is 0 Å².